The summed E-state index contributed by atoms with van der Waals surface area (Å²) in [7, 11) is -4.26. The molecule has 0 fully saturated rings. The number of amides is 1. The van der Waals surface area contributed by atoms with Gasteiger partial charge < -0.3 is 10.5 Å². The van der Waals surface area contributed by atoms with Crippen LogP contribution in [-0.2, 0) is 19.4 Å². The Morgan fingerprint density at radius 2 is 1.65 bits per heavy atom. The second kappa shape index (κ2) is 7.43. The molecule has 0 saturated carbocycles. The van der Waals surface area contributed by atoms with E-state index < -0.39 is 63.4 Å². The number of methoxy groups -OCH3 is 1. The van der Waals surface area contributed by atoms with E-state index in [1.54, 1.807) is 0 Å². The van der Waals surface area contributed by atoms with Crippen LogP contribution in [0.4, 0.5) is 26.3 Å². The van der Waals surface area contributed by atoms with Gasteiger partial charge in [-0.15, -0.1) is 0 Å². The number of carbonyl (C=O) groups excluding carboxylic acids is 1. The second-order valence-electron chi connectivity index (χ2n) is 4.58. The smallest absolute Gasteiger partial charge is 0.372 e. The predicted octanol–water partition coefficient (Wildman–Crippen LogP) is 2.13. The number of rotatable bonds is 8. The molecule has 5 nitrogen and oxygen atoms in total. The maximum atomic E-state index is 12.5. The van der Waals surface area contributed by atoms with Gasteiger partial charge in [0.15, 0.2) is 15.9 Å². The van der Waals surface area contributed by atoms with Crippen LogP contribution in [-0.4, -0.2) is 49.9 Å². The number of alkyl halides is 7. The summed E-state index contributed by atoms with van der Waals surface area (Å²) in [5.41, 5.74) is 4.78. The van der Waals surface area contributed by atoms with Crippen molar-refractivity contribution in [3.8, 4) is 0 Å². The number of hydrogen-bond donors (Lipinski definition) is 1. The van der Waals surface area contributed by atoms with Gasteiger partial charge in [-0.3, -0.25) is 4.79 Å². The van der Waals surface area contributed by atoms with Crippen LogP contribution in [0.2, 0.25) is 0 Å². The second-order valence-corrected chi connectivity index (χ2v) is 7.79. The molecular formula is C10H14ClF6NO4S. The molecule has 0 aliphatic rings. The normalized spacial score (nSPS) is 17.6. The van der Waals surface area contributed by atoms with E-state index in [9.17, 15) is 39.6 Å². The van der Waals surface area contributed by atoms with E-state index in [0.29, 0.717) is 7.11 Å². The van der Waals surface area contributed by atoms with Crippen molar-refractivity contribution in [3.63, 3.8) is 0 Å². The maximum absolute atomic E-state index is 12.5. The zero-order valence-corrected chi connectivity index (χ0v) is 13.2. The van der Waals surface area contributed by atoms with Crippen LogP contribution in [0.25, 0.3) is 0 Å². The SMILES string of the molecule is COC(CCC(Cl)(C(N)=O)S(=O)(=O)CCC(F)(F)F)C(F)(F)F. The van der Waals surface area contributed by atoms with E-state index in [-0.39, 0.29) is 0 Å². The summed E-state index contributed by atoms with van der Waals surface area (Å²) in [5, 5.41) is 0. The van der Waals surface area contributed by atoms with Gasteiger partial charge in [-0.2, -0.15) is 26.3 Å². The predicted molar refractivity (Wildman–Crippen MR) is 68.3 cm³/mol. The molecule has 23 heavy (non-hydrogen) atoms. The van der Waals surface area contributed by atoms with Gasteiger partial charge in [0.1, 0.15) is 0 Å². The average Bonchev–Trinajstić information content (AvgIpc) is 2.34. The summed E-state index contributed by atoms with van der Waals surface area (Å²) in [6, 6.07) is 0. The van der Waals surface area contributed by atoms with Crippen LogP contribution >= 0.6 is 11.6 Å². The standard InChI is InChI=1S/C10H14ClF6NO4S/c1-22-6(10(15,16)17)2-3-8(11,7(18)19)23(20,21)5-4-9(12,13)14/h6H,2-5H2,1H3,(H2,18,19). The molecule has 0 radical (unpaired) electrons. The molecule has 138 valence electrons. The molecule has 0 heterocycles. The number of primary amides is 1. The molecule has 0 aromatic rings. The molecule has 0 aromatic heterocycles. The number of halogens is 7. The summed E-state index contributed by atoms with van der Waals surface area (Å²) in [6.45, 7) is 0. The highest BCUT2D eigenvalue weighted by Crippen LogP contribution is 2.35. The molecule has 13 heteroatoms. The minimum Gasteiger partial charge on any atom is -0.372 e. The highest BCUT2D eigenvalue weighted by molar-refractivity contribution is 7.95. The van der Waals surface area contributed by atoms with E-state index in [1.165, 1.54) is 0 Å². The molecule has 1 amide bonds. The average molecular weight is 394 g/mol. The highest BCUT2D eigenvalue weighted by Gasteiger charge is 2.50. The van der Waals surface area contributed by atoms with Gasteiger partial charge >= 0.3 is 12.4 Å². The minimum absolute atomic E-state index is 0.691. The fourth-order valence-corrected chi connectivity index (χ4v) is 3.48. The fourth-order valence-electron chi connectivity index (χ4n) is 1.58. The Hall–Kier alpha value is -0.750. The molecule has 0 bridgehead atoms. The minimum atomic E-state index is -4.96. The lowest BCUT2D eigenvalue weighted by Crippen LogP contribution is -2.48. The Labute approximate surface area is 133 Å². The van der Waals surface area contributed by atoms with Gasteiger partial charge in [-0.1, -0.05) is 11.6 Å². The number of nitrogens with two attached hydrogens (primary N) is 1. The van der Waals surface area contributed by atoms with Crippen molar-refractivity contribution in [2.45, 2.75) is 41.9 Å². The molecular weight excluding hydrogens is 380 g/mol. The van der Waals surface area contributed by atoms with Crippen molar-refractivity contribution in [1.82, 2.24) is 0 Å². The van der Waals surface area contributed by atoms with E-state index >= 15 is 0 Å². The molecule has 2 N–H and O–H groups in total. The third-order valence-corrected chi connectivity index (χ3v) is 6.11. The highest BCUT2D eigenvalue weighted by atomic mass is 35.5. The lowest BCUT2D eigenvalue weighted by atomic mass is 10.1. The Morgan fingerprint density at radius 3 is 1.96 bits per heavy atom. The molecule has 2 atom stereocenters. The Bertz CT molecular complexity index is 520. The van der Waals surface area contributed by atoms with Gasteiger partial charge in [0.25, 0.3) is 5.91 Å². The zero-order chi connectivity index (χ0) is 18.7. The Morgan fingerprint density at radius 1 is 1.17 bits per heavy atom. The molecule has 0 rings (SSSR count). The van der Waals surface area contributed by atoms with E-state index in [1.807, 2.05) is 0 Å². The Balaban J connectivity index is 5.31. The van der Waals surface area contributed by atoms with Gasteiger partial charge in [0, 0.05) is 7.11 Å². The summed E-state index contributed by atoms with van der Waals surface area (Å²) in [6.07, 6.45) is -16.2. The van der Waals surface area contributed by atoms with E-state index in [4.69, 9.17) is 17.3 Å². The third-order valence-electron chi connectivity index (χ3n) is 2.89. The summed E-state index contributed by atoms with van der Waals surface area (Å²) in [5.74, 6) is -3.33. The van der Waals surface area contributed by atoms with Crippen LogP contribution < -0.4 is 5.73 Å². The molecule has 0 saturated heterocycles. The monoisotopic (exact) mass is 393 g/mol. The number of hydrogen-bond acceptors (Lipinski definition) is 4. The van der Waals surface area contributed by atoms with Crippen molar-refractivity contribution in [1.29, 1.82) is 0 Å². The molecule has 0 spiro atoms. The topological polar surface area (TPSA) is 86.5 Å². The van der Waals surface area contributed by atoms with Crippen molar-refractivity contribution < 1.29 is 44.3 Å². The fraction of sp³-hybridized carbons (Fsp3) is 0.900. The molecule has 0 aliphatic carbocycles. The van der Waals surface area contributed by atoms with Crippen molar-refractivity contribution in [3.05, 3.63) is 0 Å². The summed E-state index contributed by atoms with van der Waals surface area (Å²) >= 11 is 5.49. The van der Waals surface area contributed by atoms with Crippen LogP contribution in [0.1, 0.15) is 19.3 Å². The lowest BCUT2D eigenvalue weighted by molar-refractivity contribution is -0.214. The summed E-state index contributed by atoms with van der Waals surface area (Å²) < 4.78 is 98.6. The first kappa shape index (κ1) is 22.2. The number of sulfone groups is 1. The van der Waals surface area contributed by atoms with Gasteiger partial charge in [-0.25, -0.2) is 8.42 Å². The Kier molecular flexibility index (Phi) is 7.19. The zero-order valence-electron chi connectivity index (χ0n) is 11.7. The van der Waals surface area contributed by atoms with Gasteiger partial charge in [0.05, 0.1) is 12.2 Å². The molecule has 2 unspecified atom stereocenters. The van der Waals surface area contributed by atoms with Gasteiger partial charge in [-0.05, 0) is 12.8 Å². The first-order chi connectivity index (χ1) is 10.1. The van der Waals surface area contributed by atoms with E-state index in [2.05, 4.69) is 4.74 Å². The first-order valence-electron chi connectivity index (χ1n) is 5.94. The summed E-state index contributed by atoms with van der Waals surface area (Å²) in [4.78, 5) is 11.3. The van der Waals surface area contributed by atoms with Gasteiger partial charge in [0.2, 0.25) is 4.21 Å². The lowest BCUT2D eigenvalue weighted by Gasteiger charge is -2.26. The van der Waals surface area contributed by atoms with Crippen LogP contribution in [0.3, 0.4) is 0 Å². The van der Waals surface area contributed by atoms with Crippen molar-refractivity contribution in [2.75, 3.05) is 12.9 Å². The van der Waals surface area contributed by atoms with Crippen molar-refractivity contribution in [2.24, 2.45) is 5.73 Å². The number of carbonyl (C=O) groups is 1. The van der Waals surface area contributed by atoms with Crippen LogP contribution in [0, 0.1) is 0 Å². The number of ether oxygens (including phenoxy) is 1. The third kappa shape index (κ3) is 6.34. The van der Waals surface area contributed by atoms with E-state index in [0.717, 1.165) is 0 Å². The molecule has 0 aromatic carbocycles. The largest absolute Gasteiger partial charge is 0.414 e. The molecule has 0 aliphatic heterocycles. The van der Waals surface area contributed by atoms with Crippen molar-refractivity contribution >= 4 is 27.3 Å². The van der Waals surface area contributed by atoms with Crippen LogP contribution in [0.15, 0.2) is 0 Å². The van der Waals surface area contributed by atoms with Crippen LogP contribution in [0.5, 0.6) is 0 Å². The quantitative estimate of drug-likeness (QED) is 0.505. The maximum Gasteiger partial charge on any atom is 0.414 e. The first-order valence-corrected chi connectivity index (χ1v) is 7.97.